The van der Waals surface area contributed by atoms with Gasteiger partial charge in [-0.3, -0.25) is 10.1 Å². The van der Waals surface area contributed by atoms with E-state index in [1.54, 1.807) is 0 Å². The van der Waals surface area contributed by atoms with E-state index in [4.69, 9.17) is 0 Å². The molecule has 1 saturated carbocycles. The maximum Gasteiger partial charge on any atom is 0.249 e. The van der Waals surface area contributed by atoms with Crippen molar-refractivity contribution in [3.05, 3.63) is 47.2 Å². The van der Waals surface area contributed by atoms with Gasteiger partial charge in [-0.2, -0.15) is 0 Å². The molecule has 1 aliphatic carbocycles. The zero-order chi connectivity index (χ0) is 17.4. The Bertz CT molecular complexity index is 676. The largest absolute Gasteiger partial charge is 0.387 e. The molecule has 0 bridgehead atoms. The molecule has 0 spiro atoms. The molecule has 2 heterocycles. The van der Waals surface area contributed by atoms with Crippen LogP contribution in [-0.4, -0.2) is 52.5 Å². The van der Waals surface area contributed by atoms with Crippen LogP contribution in [0.25, 0.3) is 0 Å². The van der Waals surface area contributed by atoms with Crippen LogP contribution in [0, 0.1) is 0 Å². The summed E-state index contributed by atoms with van der Waals surface area (Å²) in [6.07, 6.45) is 3.32. The molecule has 6 heteroatoms. The minimum atomic E-state index is -0.790. The van der Waals surface area contributed by atoms with Crippen molar-refractivity contribution in [3.8, 4) is 0 Å². The standard InChI is InChI=1S/C19H25N3O3/c23-11-16(24)22-15-9-5-4-8-13(15)21-14-10-20-19(25)17(14)18(22)12-6-2-1-3-7-12/h1-3,6-7,13,15,18-21,23,25H,4-5,8-11H2/t13-,15-,18-,19?/m1/s1. The lowest BCUT2D eigenvalue weighted by Gasteiger charge is -2.43. The molecule has 1 amide bonds. The fourth-order valence-corrected chi connectivity index (χ4v) is 4.59. The maximum atomic E-state index is 12.8. The van der Waals surface area contributed by atoms with E-state index in [0.29, 0.717) is 6.54 Å². The first kappa shape index (κ1) is 16.6. The van der Waals surface area contributed by atoms with Crippen LogP contribution in [0.15, 0.2) is 41.6 Å². The molecule has 0 aromatic heterocycles. The monoisotopic (exact) mass is 343 g/mol. The summed E-state index contributed by atoms with van der Waals surface area (Å²) >= 11 is 0. The van der Waals surface area contributed by atoms with Crippen molar-refractivity contribution >= 4 is 5.91 Å². The van der Waals surface area contributed by atoms with Gasteiger partial charge in [0.15, 0.2) is 0 Å². The summed E-state index contributed by atoms with van der Waals surface area (Å²) in [5.74, 6) is -0.277. The number of aliphatic hydroxyl groups is 2. The third kappa shape index (κ3) is 2.84. The third-order valence-corrected chi connectivity index (χ3v) is 5.67. The van der Waals surface area contributed by atoms with Gasteiger partial charge in [-0.1, -0.05) is 43.2 Å². The first-order chi connectivity index (χ1) is 12.2. The number of nitrogens with zero attached hydrogens (tertiary/aromatic N) is 1. The molecule has 1 fully saturated rings. The lowest BCUT2D eigenvalue weighted by Crippen LogP contribution is -2.54. The number of hydrogen-bond acceptors (Lipinski definition) is 5. The average Bonchev–Trinajstić information content (AvgIpc) is 2.93. The molecule has 1 aromatic rings. The Morgan fingerprint density at radius 3 is 2.72 bits per heavy atom. The zero-order valence-corrected chi connectivity index (χ0v) is 14.2. The van der Waals surface area contributed by atoms with Crippen LogP contribution in [-0.2, 0) is 4.79 Å². The van der Waals surface area contributed by atoms with Crippen LogP contribution >= 0.6 is 0 Å². The Morgan fingerprint density at radius 2 is 1.96 bits per heavy atom. The molecule has 4 atom stereocenters. The van der Waals surface area contributed by atoms with E-state index in [0.717, 1.165) is 42.5 Å². The molecule has 1 unspecified atom stereocenters. The lowest BCUT2D eigenvalue weighted by molar-refractivity contribution is -0.140. The molecule has 2 aliphatic heterocycles. The smallest absolute Gasteiger partial charge is 0.249 e. The number of amides is 1. The van der Waals surface area contributed by atoms with Gasteiger partial charge in [-0.15, -0.1) is 0 Å². The number of fused-ring (bicyclic) bond motifs is 1. The molecule has 0 radical (unpaired) electrons. The number of rotatable bonds is 2. The van der Waals surface area contributed by atoms with Gasteiger partial charge in [0.1, 0.15) is 12.8 Å². The summed E-state index contributed by atoms with van der Waals surface area (Å²) in [6.45, 7) is 0.0584. The average molecular weight is 343 g/mol. The Labute approximate surface area is 147 Å². The van der Waals surface area contributed by atoms with E-state index >= 15 is 0 Å². The topological polar surface area (TPSA) is 84.8 Å². The normalized spacial score (nSPS) is 31.8. The molecule has 0 saturated heterocycles. The van der Waals surface area contributed by atoms with Crippen molar-refractivity contribution in [2.24, 2.45) is 0 Å². The van der Waals surface area contributed by atoms with Crippen molar-refractivity contribution in [1.29, 1.82) is 0 Å². The van der Waals surface area contributed by atoms with E-state index < -0.39 is 12.8 Å². The second kappa shape index (κ2) is 6.78. The van der Waals surface area contributed by atoms with Gasteiger partial charge in [-0.05, 0) is 18.4 Å². The SMILES string of the molecule is O=C(CO)N1[C@@H]2CCCC[C@H]2NC2=C(C(O)NC2)[C@H]1c1ccccc1. The number of carbonyl (C=O) groups excluding carboxylic acids is 1. The number of carbonyl (C=O) groups is 1. The van der Waals surface area contributed by atoms with E-state index in [-0.39, 0.29) is 24.0 Å². The molecular weight excluding hydrogens is 318 g/mol. The van der Waals surface area contributed by atoms with Crippen molar-refractivity contribution in [1.82, 2.24) is 15.5 Å². The zero-order valence-electron chi connectivity index (χ0n) is 14.2. The Balaban J connectivity index is 1.86. The van der Waals surface area contributed by atoms with Crippen LogP contribution < -0.4 is 10.6 Å². The molecule has 1 aromatic carbocycles. The second-order valence-corrected chi connectivity index (χ2v) is 7.09. The van der Waals surface area contributed by atoms with E-state index in [1.807, 2.05) is 35.2 Å². The number of aliphatic hydroxyl groups excluding tert-OH is 2. The summed E-state index contributed by atoms with van der Waals surface area (Å²) in [5.41, 5.74) is 2.77. The fourth-order valence-electron chi connectivity index (χ4n) is 4.59. The summed E-state index contributed by atoms with van der Waals surface area (Å²) in [7, 11) is 0. The molecular formula is C19H25N3O3. The van der Waals surface area contributed by atoms with E-state index in [9.17, 15) is 15.0 Å². The summed E-state index contributed by atoms with van der Waals surface area (Å²) in [6, 6.07) is 9.64. The van der Waals surface area contributed by atoms with Crippen molar-refractivity contribution in [3.63, 3.8) is 0 Å². The summed E-state index contributed by atoms with van der Waals surface area (Å²) in [4.78, 5) is 14.6. The quantitative estimate of drug-likeness (QED) is 0.633. The van der Waals surface area contributed by atoms with Crippen molar-refractivity contribution < 1.29 is 15.0 Å². The third-order valence-electron chi connectivity index (χ3n) is 5.67. The van der Waals surface area contributed by atoms with Crippen LogP contribution in [0.3, 0.4) is 0 Å². The molecule has 25 heavy (non-hydrogen) atoms. The minimum absolute atomic E-state index is 0.0245. The highest BCUT2D eigenvalue weighted by Crippen LogP contribution is 2.41. The minimum Gasteiger partial charge on any atom is -0.387 e. The molecule has 3 aliphatic rings. The highest BCUT2D eigenvalue weighted by atomic mass is 16.3. The van der Waals surface area contributed by atoms with Gasteiger partial charge in [0.2, 0.25) is 5.91 Å². The summed E-state index contributed by atoms with van der Waals surface area (Å²) in [5, 5.41) is 26.9. The molecule has 134 valence electrons. The van der Waals surface area contributed by atoms with Gasteiger partial charge in [-0.25, -0.2) is 0 Å². The van der Waals surface area contributed by atoms with Crippen molar-refractivity contribution in [2.75, 3.05) is 13.2 Å². The molecule has 4 N–H and O–H groups in total. The fraction of sp³-hybridized carbons (Fsp3) is 0.526. The van der Waals surface area contributed by atoms with E-state index in [2.05, 4.69) is 10.6 Å². The molecule has 6 nitrogen and oxygen atoms in total. The number of benzene rings is 1. The second-order valence-electron chi connectivity index (χ2n) is 7.09. The summed E-state index contributed by atoms with van der Waals surface area (Å²) < 4.78 is 0. The van der Waals surface area contributed by atoms with Crippen LogP contribution in [0.5, 0.6) is 0 Å². The Hall–Kier alpha value is -1.89. The van der Waals surface area contributed by atoms with Crippen LogP contribution in [0.1, 0.15) is 37.3 Å². The van der Waals surface area contributed by atoms with Gasteiger partial charge in [0.05, 0.1) is 12.1 Å². The first-order valence-corrected chi connectivity index (χ1v) is 9.08. The van der Waals surface area contributed by atoms with Crippen LogP contribution in [0.2, 0.25) is 0 Å². The predicted molar refractivity (Wildman–Crippen MR) is 93.3 cm³/mol. The van der Waals surface area contributed by atoms with Crippen LogP contribution in [0.4, 0.5) is 0 Å². The first-order valence-electron chi connectivity index (χ1n) is 9.08. The Morgan fingerprint density at radius 1 is 1.20 bits per heavy atom. The Kier molecular flexibility index (Phi) is 4.50. The van der Waals surface area contributed by atoms with Gasteiger partial charge in [0.25, 0.3) is 0 Å². The highest BCUT2D eigenvalue weighted by Gasteiger charge is 2.45. The number of nitrogens with one attached hydrogen (secondary N) is 2. The number of hydrogen-bond donors (Lipinski definition) is 4. The van der Waals surface area contributed by atoms with Crippen molar-refractivity contribution in [2.45, 2.75) is 50.0 Å². The van der Waals surface area contributed by atoms with Gasteiger partial charge >= 0.3 is 0 Å². The lowest BCUT2D eigenvalue weighted by atomic mass is 9.87. The molecule has 4 rings (SSSR count). The van der Waals surface area contributed by atoms with E-state index in [1.165, 1.54) is 0 Å². The van der Waals surface area contributed by atoms with Gasteiger partial charge < -0.3 is 20.4 Å². The predicted octanol–water partition coefficient (Wildman–Crippen LogP) is 0.639. The maximum absolute atomic E-state index is 12.8. The highest BCUT2D eigenvalue weighted by molar-refractivity contribution is 5.79. The van der Waals surface area contributed by atoms with Gasteiger partial charge in [0, 0.05) is 23.9 Å².